The zero-order chi connectivity index (χ0) is 24.9. The Morgan fingerprint density at radius 3 is 2.29 bits per heavy atom. The molecule has 4 rings (SSSR count). The van der Waals surface area contributed by atoms with E-state index in [4.69, 9.17) is 21.1 Å². The Bertz CT molecular complexity index is 1300. The van der Waals surface area contributed by atoms with Gasteiger partial charge in [-0.05, 0) is 79.6 Å². The minimum atomic E-state index is -0.627. The Morgan fingerprint density at radius 1 is 0.914 bits per heavy atom. The largest absolute Gasteiger partial charge is 0.494 e. The summed E-state index contributed by atoms with van der Waals surface area (Å²) < 4.78 is 10.8. The molecule has 35 heavy (non-hydrogen) atoms. The highest BCUT2D eigenvalue weighted by Crippen LogP contribution is 2.31. The van der Waals surface area contributed by atoms with Crippen molar-refractivity contribution in [2.75, 3.05) is 16.8 Å². The third kappa shape index (κ3) is 5.20. The van der Waals surface area contributed by atoms with Crippen LogP contribution in [0.3, 0.4) is 0 Å². The Balaban J connectivity index is 1.45. The first-order valence-corrected chi connectivity index (χ1v) is 11.5. The zero-order valence-corrected chi connectivity index (χ0v) is 20.0. The molecular weight excluding hydrogens is 468 g/mol. The number of rotatable bonds is 8. The maximum absolute atomic E-state index is 13.0. The van der Waals surface area contributed by atoms with E-state index >= 15 is 0 Å². The van der Waals surface area contributed by atoms with E-state index in [1.807, 2.05) is 32.0 Å². The minimum Gasteiger partial charge on any atom is -0.494 e. The van der Waals surface area contributed by atoms with E-state index in [1.165, 1.54) is 0 Å². The second-order valence-electron chi connectivity index (χ2n) is 7.65. The van der Waals surface area contributed by atoms with Gasteiger partial charge >= 0.3 is 5.97 Å². The van der Waals surface area contributed by atoms with Gasteiger partial charge in [-0.1, -0.05) is 30.7 Å². The number of benzene rings is 3. The lowest BCUT2D eigenvalue weighted by molar-refractivity contribution is -0.120. The fraction of sp³-hybridized carbons (Fsp3) is 0.148. The summed E-state index contributed by atoms with van der Waals surface area (Å²) in [7, 11) is 0. The Kier molecular flexibility index (Phi) is 7.17. The summed E-state index contributed by atoms with van der Waals surface area (Å²) in [6.07, 6.45) is 0.835. The summed E-state index contributed by atoms with van der Waals surface area (Å²) in [4.78, 5) is 39.1. The first-order valence-electron chi connectivity index (χ1n) is 11.1. The fourth-order valence-corrected chi connectivity index (χ4v) is 3.75. The molecule has 8 heteroatoms. The number of imide groups is 1. The summed E-state index contributed by atoms with van der Waals surface area (Å²) in [6, 6.07) is 20.3. The third-order valence-corrected chi connectivity index (χ3v) is 5.69. The molecule has 0 unspecified atom stereocenters. The predicted molar refractivity (Wildman–Crippen MR) is 134 cm³/mol. The Morgan fingerprint density at radius 2 is 1.63 bits per heavy atom. The number of nitrogens with one attached hydrogen (secondary N) is 1. The number of esters is 1. The molecule has 1 aliphatic rings. The van der Waals surface area contributed by atoms with Gasteiger partial charge in [0.2, 0.25) is 0 Å². The quantitative estimate of drug-likeness (QED) is 0.262. The van der Waals surface area contributed by atoms with E-state index in [0.717, 1.165) is 16.9 Å². The normalized spacial score (nSPS) is 13.3. The van der Waals surface area contributed by atoms with Gasteiger partial charge in [-0.3, -0.25) is 9.59 Å². The van der Waals surface area contributed by atoms with Crippen molar-refractivity contribution in [3.05, 3.63) is 94.7 Å². The molecule has 3 aromatic rings. The molecule has 1 heterocycles. The van der Waals surface area contributed by atoms with Crippen LogP contribution < -0.4 is 19.7 Å². The van der Waals surface area contributed by atoms with Gasteiger partial charge in [0, 0.05) is 5.69 Å². The smallest absolute Gasteiger partial charge is 0.343 e. The number of carbonyl (C=O) groups excluding carboxylic acids is 3. The maximum Gasteiger partial charge on any atom is 0.343 e. The number of anilines is 2. The van der Waals surface area contributed by atoms with Crippen molar-refractivity contribution in [3.8, 4) is 11.5 Å². The number of nitrogens with zero attached hydrogens (tertiary/aromatic N) is 1. The summed E-state index contributed by atoms with van der Waals surface area (Å²) in [6.45, 7) is 4.39. The average Bonchev–Trinajstić information content (AvgIpc) is 3.08. The second kappa shape index (κ2) is 10.4. The number of amides is 2. The number of carbonyl (C=O) groups is 3. The van der Waals surface area contributed by atoms with Crippen molar-refractivity contribution in [3.63, 3.8) is 0 Å². The molecule has 0 saturated carbocycles. The van der Waals surface area contributed by atoms with Crippen molar-refractivity contribution in [2.45, 2.75) is 20.3 Å². The van der Waals surface area contributed by atoms with Crippen LogP contribution in [0.4, 0.5) is 11.4 Å². The molecule has 0 aromatic heterocycles. The van der Waals surface area contributed by atoms with Crippen LogP contribution in [0.1, 0.15) is 29.8 Å². The second-order valence-corrected chi connectivity index (χ2v) is 8.03. The summed E-state index contributed by atoms with van der Waals surface area (Å²) in [5, 5.41) is 2.67. The summed E-state index contributed by atoms with van der Waals surface area (Å²) in [5.41, 5.74) is 2.22. The van der Waals surface area contributed by atoms with Crippen LogP contribution >= 0.6 is 11.6 Å². The van der Waals surface area contributed by atoms with E-state index < -0.39 is 17.8 Å². The monoisotopic (exact) mass is 490 g/mol. The van der Waals surface area contributed by atoms with Crippen LogP contribution in [0.2, 0.25) is 0 Å². The lowest BCUT2D eigenvalue weighted by Crippen LogP contribution is -2.32. The fourth-order valence-electron chi connectivity index (χ4n) is 3.53. The van der Waals surface area contributed by atoms with Crippen molar-refractivity contribution in [1.29, 1.82) is 0 Å². The molecular formula is C27H23ClN2O5. The van der Waals surface area contributed by atoms with Gasteiger partial charge in [-0.2, -0.15) is 0 Å². The number of hydrogen-bond acceptors (Lipinski definition) is 6. The molecule has 0 fully saturated rings. The summed E-state index contributed by atoms with van der Waals surface area (Å²) in [5.74, 6) is -0.612. The SMILES string of the molecule is CCOc1ccc(N2C(=O)C(Cl)=C(Nc3ccc(C(=O)Oc4cccc(CC)c4)cc3)C2=O)cc1. The molecule has 7 nitrogen and oxygen atoms in total. The van der Waals surface area contributed by atoms with Crippen LogP contribution in [-0.2, 0) is 16.0 Å². The van der Waals surface area contributed by atoms with Crippen LogP contribution in [0.5, 0.6) is 11.5 Å². The first kappa shape index (κ1) is 24.0. The molecule has 178 valence electrons. The number of ether oxygens (including phenoxy) is 2. The van der Waals surface area contributed by atoms with E-state index in [0.29, 0.717) is 35.0 Å². The lowest BCUT2D eigenvalue weighted by atomic mass is 10.1. The van der Waals surface area contributed by atoms with E-state index in [1.54, 1.807) is 54.6 Å². The lowest BCUT2D eigenvalue weighted by Gasteiger charge is -2.15. The van der Waals surface area contributed by atoms with Gasteiger partial charge in [0.25, 0.3) is 11.8 Å². The van der Waals surface area contributed by atoms with Crippen molar-refractivity contribution in [2.24, 2.45) is 0 Å². The van der Waals surface area contributed by atoms with Gasteiger partial charge < -0.3 is 14.8 Å². The number of halogens is 1. The van der Waals surface area contributed by atoms with Crippen molar-refractivity contribution < 1.29 is 23.9 Å². The molecule has 0 bridgehead atoms. The van der Waals surface area contributed by atoms with Gasteiger partial charge in [-0.15, -0.1) is 0 Å². The molecule has 3 aromatic carbocycles. The van der Waals surface area contributed by atoms with Crippen LogP contribution in [0, 0.1) is 0 Å². The molecule has 0 radical (unpaired) electrons. The minimum absolute atomic E-state index is 0.0442. The van der Waals surface area contributed by atoms with Crippen LogP contribution in [0.25, 0.3) is 0 Å². The molecule has 0 saturated heterocycles. The highest BCUT2D eigenvalue weighted by atomic mass is 35.5. The molecule has 2 amide bonds. The molecule has 0 aliphatic carbocycles. The van der Waals surface area contributed by atoms with E-state index in [2.05, 4.69) is 5.32 Å². The molecule has 1 N–H and O–H groups in total. The van der Waals surface area contributed by atoms with Gasteiger partial charge in [0.1, 0.15) is 22.2 Å². The van der Waals surface area contributed by atoms with Gasteiger partial charge in [0.05, 0.1) is 17.9 Å². The van der Waals surface area contributed by atoms with E-state index in [-0.39, 0.29) is 10.7 Å². The third-order valence-electron chi connectivity index (χ3n) is 5.34. The van der Waals surface area contributed by atoms with Gasteiger partial charge in [0.15, 0.2) is 0 Å². The topological polar surface area (TPSA) is 84.9 Å². The highest BCUT2D eigenvalue weighted by molar-refractivity contribution is 6.53. The summed E-state index contributed by atoms with van der Waals surface area (Å²) >= 11 is 6.20. The van der Waals surface area contributed by atoms with Crippen molar-refractivity contribution in [1.82, 2.24) is 0 Å². The van der Waals surface area contributed by atoms with Crippen LogP contribution in [0.15, 0.2) is 83.5 Å². The number of hydrogen-bond donors (Lipinski definition) is 1. The predicted octanol–water partition coefficient (Wildman–Crippen LogP) is 5.30. The first-order chi connectivity index (χ1) is 16.9. The van der Waals surface area contributed by atoms with Crippen LogP contribution in [-0.4, -0.2) is 24.4 Å². The molecule has 0 atom stereocenters. The van der Waals surface area contributed by atoms with Gasteiger partial charge in [-0.25, -0.2) is 9.69 Å². The molecule has 0 spiro atoms. The Hall–Kier alpha value is -4.10. The highest BCUT2D eigenvalue weighted by Gasteiger charge is 2.39. The number of aryl methyl sites for hydroxylation is 1. The average molecular weight is 491 g/mol. The van der Waals surface area contributed by atoms with Crippen molar-refractivity contribution >= 4 is 40.8 Å². The zero-order valence-electron chi connectivity index (χ0n) is 19.2. The van der Waals surface area contributed by atoms with E-state index in [9.17, 15) is 14.4 Å². The maximum atomic E-state index is 13.0. The molecule has 1 aliphatic heterocycles. The standard InChI is InChI=1S/C27H23ClN2O5/c1-3-17-6-5-7-22(16-17)35-27(33)18-8-10-19(11-9-18)29-24-23(28)25(31)30(26(24)32)20-12-14-21(15-13-20)34-4-2/h5-16,29H,3-4H2,1-2H3. The Labute approximate surface area is 207 Å².